The maximum atomic E-state index is 10.1. The number of oxime groups is 1. The van der Waals surface area contributed by atoms with Gasteiger partial charge in [0.15, 0.2) is 0 Å². The molecule has 2 N–H and O–H groups in total. The van der Waals surface area contributed by atoms with E-state index in [1.54, 1.807) is 0 Å². The van der Waals surface area contributed by atoms with Crippen LogP contribution in [0.25, 0.3) is 0 Å². The van der Waals surface area contributed by atoms with Crippen LogP contribution < -0.4 is 0 Å². The minimum Gasteiger partial charge on any atom is -0.411 e. The van der Waals surface area contributed by atoms with E-state index < -0.39 is 5.54 Å². The maximum absolute atomic E-state index is 10.1. The molecule has 1 saturated carbocycles. The zero-order chi connectivity index (χ0) is 10.6. The van der Waals surface area contributed by atoms with Crippen LogP contribution in [0.1, 0.15) is 40.0 Å². The fourth-order valence-electron chi connectivity index (χ4n) is 2.94. The predicted molar refractivity (Wildman–Crippen MR) is 52.7 cm³/mol. The number of nitrogens with zero attached hydrogens (tertiary/aromatic N) is 2. The zero-order valence-corrected chi connectivity index (χ0v) is 8.99. The summed E-state index contributed by atoms with van der Waals surface area (Å²) in [6.07, 6.45) is 2.77. The molecule has 0 aromatic rings. The van der Waals surface area contributed by atoms with Crippen LogP contribution in [0.15, 0.2) is 5.16 Å². The Morgan fingerprint density at radius 2 is 2.07 bits per heavy atom. The van der Waals surface area contributed by atoms with Gasteiger partial charge in [0.05, 0.1) is 11.3 Å². The Morgan fingerprint density at radius 1 is 1.43 bits per heavy atom. The molecule has 3 aliphatic rings. The number of fused-ring (bicyclic) bond motifs is 3. The first-order chi connectivity index (χ1) is 6.43. The number of rotatable bonds is 0. The van der Waals surface area contributed by atoms with Crippen molar-refractivity contribution in [3.8, 4) is 0 Å². The number of hydroxylamine groups is 2. The second kappa shape index (κ2) is 2.70. The van der Waals surface area contributed by atoms with Crippen molar-refractivity contribution < 1.29 is 10.4 Å². The van der Waals surface area contributed by atoms with Gasteiger partial charge in [-0.1, -0.05) is 5.16 Å². The fraction of sp³-hybridized carbons (Fsp3) is 0.900. The summed E-state index contributed by atoms with van der Waals surface area (Å²) < 4.78 is 0. The van der Waals surface area contributed by atoms with Gasteiger partial charge in [0.25, 0.3) is 0 Å². The minimum absolute atomic E-state index is 0.207. The van der Waals surface area contributed by atoms with Gasteiger partial charge in [-0.3, -0.25) is 0 Å². The lowest BCUT2D eigenvalue weighted by Crippen LogP contribution is -2.69. The van der Waals surface area contributed by atoms with E-state index in [0.29, 0.717) is 5.92 Å². The first-order valence-electron chi connectivity index (χ1n) is 5.13. The predicted octanol–water partition coefficient (Wildman–Crippen LogP) is 1.86. The van der Waals surface area contributed by atoms with Gasteiger partial charge in [-0.15, -0.1) is 0 Å². The molecule has 2 bridgehead atoms. The molecule has 2 heterocycles. The standard InChI is InChI=1S/C10H18N2O2/c1-9(2)7-4-5-10(3,12(9)14)8(6-7)11-13/h7,13-14H,4-6H2,1-3H3/b11-8-/t7-,10-/m0/s1. The summed E-state index contributed by atoms with van der Waals surface area (Å²) in [4.78, 5) is 0. The molecule has 0 aromatic carbocycles. The molecule has 3 fully saturated rings. The third-order valence-electron chi connectivity index (χ3n) is 4.17. The van der Waals surface area contributed by atoms with Crippen LogP contribution in [-0.4, -0.2) is 32.3 Å². The summed E-state index contributed by atoms with van der Waals surface area (Å²) in [7, 11) is 0. The van der Waals surface area contributed by atoms with Crippen LogP contribution in [0.3, 0.4) is 0 Å². The molecule has 2 aliphatic heterocycles. The van der Waals surface area contributed by atoms with Crippen LogP contribution in [-0.2, 0) is 0 Å². The van der Waals surface area contributed by atoms with Gasteiger partial charge in [0.1, 0.15) is 0 Å². The topological polar surface area (TPSA) is 56.1 Å². The molecule has 80 valence electrons. The molecule has 3 rings (SSSR count). The minimum atomic E-state index is -0.465. The Hall–Kier alpha value is -0.610. The number of hydrogen-bond acceptors (Lipinski definition) is 4. The highest BCUT2D eigenvalue weighted by Crippen LogP contribution is 2.49. The highest BCUT2D eigenvalue weighted by molar-refractivity contribution is 5.94. The van der Waals surface area contributed by atoms with E-state index in [0.717, 1.165) is 25.0 Å². The second-order valence-electron chi connectivity index (χ2n) is 5.23. The summed E-state index contributed by atoms with van der Waals surface area (Å²) in [5, 5.41) is 23.8. The van der Waals surface area contributed by atoms with Crippen molar-refractivity contribution in [3.63, 3.8) is 0 Å². The molecular formula is C10H18N2O2. The summed E-state index contributed by atoms with van der Waals surface area (Å²) in [6.45, 7) is 6.03. The SMILES string of the molecule is CC1(C)[C@H]2CC[C@@](C)(/C(=N\O)C2)N1O. The summed E-state index contributed by atoms with van der Waals surface area (Å²) in [6, 6.07) is 0. The lowest BCUT2D eigenvalue weighted by atomic mass is 9.63. The summed E-state index contributed by atoms with van der Waals surface area (Å²) in [5.74, 6) is 0.389. The van der Waals surface area contributed by atoms with E-state index in [-0.39, 0.29) is 5.54 Å². The molecule has 0 amide bonds. The number of hydrogen-bond donors (Lipinski definition) is 2. The van der Waals surface area contributed by atoms with E-state index in [4.69, 9.17) is 5.21 Å². The second-order valence-corrected chi connectivity index (χ2v) is 5.23. The van der Waals surface area contributed by atoms with E-state index >= 15 is 0 Å². The average Bonchev–Trinajstić information content (AvgIpc) is 2.14. The maximum Gasteiger partial charge on any atom is 0.0851 e. The van der Waals surface area contributed by atoms with Crippen LogP contribution in [0, 0.1) is 5.92 Å². The van der Waals surface area contributed by atoms with Crippen molar-refractivity contribution in [2.45, 2.75) is 51.1 Å². The first kappa shape index (κ1) is 9.93. The van der Waals surface area contributed by atoms with Crippen molar-refractivity contribution in [1.29, 1.82) is 0 Å². The molecule has 1 aliphatic carbocycles. The Morgan fingerprint density at radius 3 is 2.64 bits per heavy atom. The molecule has 2 atom stereocenters. The van der Waals surface area contributed by atoms with Crippen molar-refractivity contribution in [3.05, 3.63) is 0 Å². The Bertz CT molecular complexity index is 288. The smallest absolute Gasteiger partial charge is 0.0851 e. The quantitative estimate of drug-likeness (QED) is 0.461. The van der Waals surface area contributed by atoms with Crippen molar-refractivity contribution >= 4 is 5.71 Å². The van der Waals surface area contributed by atoms with E-state index in [9.17, 15) is 5.21 Å². The normalized spacial score (nSPS) is 44.6. The van der Waals surface area contributed by atoms with E-state index in [2.05, 4.69) is 5.16 Å². The largest absolute Gasteiger partial charge is 0.411 e. The molecule has 0 spiro atoms. The molecule has 2 saturated heterocycles. The van der Waals surface area contributed by atoms with E-state index in [1.165, 1.54) is 5.06 Å². The highest BCUT2D eigenvalue weighted by Gasteiger charge is 2.57. The number of piperidine rings is 2. The monoisotopic (exact) mass is 198 g/mol. The summed E-state index contributed by atoms with van der Waals surface area (Å²) in [5.41, 5.74) is 0.0457. The summed E-state index contributed by atoms with van der Waals surface area (Å²) >= 11 is 0. The van der Waals surface area contributed by atoms with Gasteiger partial charge in [0, 0.05) is 5.54 Å². The van der Waals surface area contributed by atoms with E-state index in [1.807, 2.05) is 20.8 Å². The van der Waals surface area contributed by atoms with Gasteiger partial charge < -0.3 is 10.4 Å². The van der Waals surface area contributed by atoms with Crippen molar-refractivity contribution in [2.75, 3.05) is 0 Å². The third kappa shape index (κ3) is 0.982. The molecule has 4 heteroatoms. The van der Waals surface area contributed by atoms with Crippen molar-refractivity contribution in [2.24, 2.45) is 11.1 Å². The van der Waals surface area contributed by atoms with Crippen LogP contribution in [0.4, 0.5) is 0 Å². The van der Waals surface area contributed by atoms with Gasteiger partial charge in [0.2, 0.25) is 0 Å². The van der Waals surface area contributed by atoms with Crippen LogP contribution >= 0.6 is 0 Å². The lowest BCUT2D eigenvalue weighted by molar-refractivity contribution is -0.253. The molecule has 4 nitrogen and oxygen atoms in total. The average molecular weight is 198 g/mol. The molecule has 14 heavy (non-hydrogen) atoms. The first-order valence-corrected chi connectivity index (χ1v) is 5.13. The van der Waals surface area contributed by atoms with Gasteiger partial charge in [-0.2, -0.15) is 5.06 Å². The molecule has 0 unspecified atom stereocenters. The Labute approximate surface area is 84.2 Å². The Kier molecular flexibility index (Phi) is 1.92. The van der Waals surface area contributed by atoms with Crippen LogP contribution in [0.5, 0.6) is 0 Å². The van der Waals surface area contributed by atoms with Gasteiger partial charge in [-0.05, 0) is 46.0 Å². The van der Waals surface area contributed by atoms with Crippen LogP contribution in [0.2, 0.25) is 0 Å². The van der Waals surface area contributed by atoms with Gasteiger partial charge >= 0.3 is 0 Å². The molecule has 0 aromatic heterocycles. The third-order valence-corrected chi connectivity index (χ3v) is 4.17. The fourth-order valence-corrected chi connectivity index (χ4v) is 2.94. The van der Waals surface area contributed by atoms with Crippen molar-refractivity contribution in [1.82, 2.24) is 5.06 Å². The lowest BCUT2D eigenvalue weighted by Gasteiger charge is -2.59. The molecular weight excluding hydrogens is 180 g/mol. The Balaban J connectivity index is 2.44. The highest BCUT2D eigenvalue weighted by atomic mass is 16.5. The molecule has 0 radical (unpaired) electrons. The zero-order valence-electron chi connectivity index (χ0n) is 8.99. The van der Waals surface area contributed by atoms with Gasteiger partial charge in [-0.25, -0.2) is 0 Å².